The van der Waals surface area contributed by atoms with E-state index >= 15 is 0 Å². The Bertz CT molecular complexity index is 1240. The first kappa shape index (κ1) is 23.1. The molecule has 0 radical (unpaired) electrons. The van der Waals surface area contributed by atoms with Gasteiger partial charge in [0.05, 0.1) is 30.4 Å². The number of amides is 1. The summed E-state index contributed by atoms with van der Waals surface area (Å²) in [5.74, 6) is -0.704. The second-order valence-corrected chi connectivity index (χ2v) is 8.62. The van der Waals surface area contributed by atoms with E-state index in [9.17, 15) is 18.0 Å². The summed E-state index contributed by atoms with van der Waals surface area (Å²) in [7, 11) is -1.33. The van der Waals surface area contributed by atoms with Crippen LogP contribution in [0.5, 0.6) is 5.75 Å². The maximum atomic E-state index is 12.9. The van der Waals surface area contributed by atoms with Crippen LogP contribution in [0.15, 0.2) is 71.6 Å². The first-order valence-electron chi connectivity index (χ1n) is 9.19. The molecule has 166 valence electrons. The Morgan fingerprint density at radius 3 is 2.09 bits per heavy atom. The molecule has 0 aliphatic carbocycles. The smallest absolute Gasteiger partial charge is 0.337 e. The minimum atomic E-state index is -4.00. The third-order valence-electron chi connectivity index (χ3n) is 4.39. The molecule has 0 saturated carbocycles. The van der Waals surface area contributed by atoms with Crippen molar-refractivity contribution in [2.24, 2.45) is 0 Å². The fraction of sp³-hybridized carbons (Fsp3) is 0.0909. The molecule has 0 aliphatic rings. The van der Waals surface area contributed by atoms with Gasteiger partial charge in [-0.1, -0.05) is 11.6 Å². The lowest BCUT2D eigenvalue weighted by Crippen LogP contribution is -2.16. The number of esters is 1. The molecule has 0 heterocycles. The molecule has 0 saturated heterocycles. The molecular formula is C22H19ClN2O6S. The van der Waals surface area contributed by atoms with Gasteiger partial charge in [-0.05, 0) is 66.7 Å². The molecule has 1 amide bonds. The summed E-state index contributed by atoms with van der Waals surface area (Å²) in [5.41, 5.74) is 1.05. The first-order chi connectivity index (χ1) is 15.2. The second kappa shape index (κ2) is 9.71. The number of halogens is 1. The maximum Gasteiger partial charge on any atom is 0.337 e. The summed E-state index contributed by atoms with van der Waals surface area (Å²) in [4.78, 5) is 24.0. The van der Waals surface area contributed by atoms with E-state index in [1.807, 2.05) is 0 Å². The number of rotatable bonds is 7. The van der Waals surface area contributed by atoms with Crippen LogP contribution in [0.2, 0.25) is 5.02 Å². The molecule has 10 heteroatoms. The number of nitrogens with one attached hydrogen (secondary N) is 2. The van der Waals surface area contributed by atoms with E-state index in [1.165, 1.54) is 56.7 Å². The number of anilines is 2. The van der Waals surface area contributed by atoms with Crippen molar-refractivity contribution in [1.29, 1.82) is 0 Å². The summed E-state index contributed by atoms with van der Waals surface area (Å²) < 4.78 is 38.0. The zero-order chi connectivity index (χ0) is 23.3. The fourth-order valence-corrected chi connectivity index (χ4v) is 3.96. The highest BCUT2D eigenvalue weighted by molar-refractivity contribution is 7.92. The largest absolute Gasteiger partial charge is 0.495 e. The topological polar surface area (TPSA) is 111 Å². The Morgan fingerprint density at radius 1 is 0.875 bits per heavy atom. The SMILES string of the molecule is COC(=O)c1ccc(NS(=O)(=O)c2ccc(OC)c(NC(=O)c3ccc(Cl)cc3)c2)cc1. The van der Waals surface area contributed by atoms with E-state index < -0.39 is 21.9 Å². The lowest BCUT2D eigenvalue weighted by molar-refractivity contribution is 0.0600. The van der Waals surface area contributed by atoms with Gasteiger partial charge in [0.1, 0.15) is 5.75 Å². The third kappa shape index (κ3) is 5.37. The average molecular weight is 475 g/mol. The van der Waals surface area contributed by atoms with Gasteiger partial charge < -0.3 is 14.8 Å². The van der Waals surface area contributed by atoms with Crippen molar-refractivity contribution in [3.63, 3.8) is 0 Å². The van der Waals surface area contributed by atoms with Crippen LogP contribution in [-0.2, 0) is 14.8 Å². The number of carbonyl (C=O) groups excluding carboxylic acids is 2. The molecule has 3 aromatic carbocycles. The van der Waals surface area contributed by atoms with Crippen molar-refractivity contribution in [3.05, 3.63) is 82.9 Å². The number of methoxy groups -OCH3 is 2. The van der Waals surface area contributed by atoms with Gasteiger partial charge in [-0.25, -0.2) is 13.2 Å². The summed E-state index contributed by atoms with van der Waals surface area (Å²) >= 11 is 5.84. The Labute approximate surface area is 190 Å². The monoisotopic (exact) mass is 474 g/mol. The number of ether oxygens (including phenoxy) is 2. The summed E-state index contributed by atoms with van der Waals surface area (Å²) in [6.07, 6.45) is 0. The van der Waals surface area contributed by atoms with Crippen LogP contribution in [0, 0.1) is 0 Å². The molecule has 3 rings (SSSR count). The van der Waals surface area contributed by atoms with Gasteiger partial charge in [0.2, 0.25) is 0 Å². The van der Waals surface area contributed by atoms with Crippen LogP contribution in [0.3, 0.4) is 0 Å². The summed E-state index contributed by atoms with van der Waals surface area (Å²) in [6.45, 7) is 0. The van der Waals surface area contributed by atoms with E-state index in [2.05, 4.69) is 14.8 Å². The minimum absolute atomic E-state index is 0.0956. The number of benzene rings is 3. The zero-order valence-electron chi connectivity index (χ0n) is 17.1. The normalized spacial score (nSPS) is 10.8. The van der Waals surface area contributed by atoms with Gasteiger partial charge in [0.15, 0.2) is 0 Å². The third-order valence-corrected chi connectivity index (χ3v) is 6.03. The lowest BCUT2D eigenvalue weighted by Gasteiger charge is -2.14. The predicted octanol–water partition coefficient (Wildman–Crippen LogP) is 4.19. The van der Waals surface area contributed by atoms with Crippen LogP contribution in [-0.4, -0.2) is 34.5 Å². The molecule has 0 spiro atoms. The molecule has 0 aliphatic heterocycles. The highest BCUT2D eigenvalue weighted by Gasteiger charge is 2.19. The summed E-state index contributed by atoms with van der Waals surface area (Å²) in [5, 5.41) is 3.13. The fourth-order valence-electron chi connectivity index (χ4n) is 2.75. The van der Waals surface area contributed by atoms with Crippen LogP contribution in [0.4, 0.5) is 11.4 Å². The standard InChI is InChI=1S/C22H19ClN2O6S/c1-30-20-12-11-18(13-19(20)24-21(26)14-3-7-16(23)8-4-14)32(28,29)25-17-9-5-15(6-10-17)22(27)31-2/h3-13,25H,1-2H3,(H,24,26). The van der Waals surface area contributed by atoms with Crippen molar-refractivity contribution in [2.75, 3.05) is 24.3 Å². The zero-order valence-corrected chi connectivity index (χ0v) is 18.7. The maximum absolute atomic E-state index is 12.9. The Kier molecular flexibility index (Phi) is 7.01. The number of hydrogen-bond acceptors (Lipinski definition) is 6. The molecular weight excluding hydrogens is 456 g/mol. The Balaban J connectivity index is 1.84. The van der Waals surface area contributed by atoms with Crippen molar-refractivity contribution >= 4 is 44.9 Å². The van der Waals surface area contributed by atoms with Crippen LogP contribution >= 0.6 is 11.6 Å². The first-order valence-corrected chi connectivity index (χ1v) is 11.1. The number of sulfonamides is 1. The number of carbonyl (C=O) groups is 2. The Hall–Kier alpha value is -3.56. The quantitative estimate of drug-likeness (QED) is 0.497. The van der Waals surface area contributed by atoms with Gasteiger partial charge in [-0.3, -0.25) is 9.52 Å². The summed E-state index contributed by atoms with van der Waals surface area (Å²) in [6, 6.07) is 16.1. The molecule has 0 aromatic heterocycles. The highest BCUT2D eigenvalue weighted by atomic mass is 35.5. The number of hydrogen-bond donors (Lipinski definition) is 2. The van der Waals surface area contributed by atoms with Gasteiger partial charge in [0.25, 0.3) is 15.9 Å². The van der Waals surface area contributed by atoms with E-state index in [0.717, 1.165) is 0 Å². The van der Waals surface area contributed by atoms with Crippen molar-refractivity contribution < 1.29 is 27.5 Å². The van der Waals surface area contributed by atoms with Gasteiger partial charge in [0, 0.05) is 16.3 Å². The van der Waals surface area contributed by atoms with Gasteiger partial charge >= 0.3 is 5.97 Å². The van der Waals surface area contributed by atoms with Crippen molar-refractivity contribution in [1.82, 2.24) is 0 Å². The van der Waals surface area contributed by atoms with E-state index in [4.69, 9.17) is 16.3 Å². The average Bonchev–Trinajstić information content (AvgIpc) is 2.79. The molecule has 32 heavy (non-hydrogen) atoms. The van der Waals surface area contributed by atoms with Crippen LogP contribution in [0.25, 0.3) is 0 Å². The van der Waals surface area contributed by atoms with Crippen molar-refractivity contribution in [3.8, 4) is 5.75 Å². The molecule has 0 fully saturated rings. The van der Waals surface area contributed by atoms with Gasteiger partial charge in [-0.15, -0.1) is 0 Å². The molecule has 2 N–H and O–H groups in total. The second-order valence-electron chi connectivity index (χ2n) is 6.50. The minimum Gasteiger partial charge on any atom is -0.495 e. The van der Waals surface area contributed by atoms with Crippen molar-refractivity contribution in [2.45, 2.75) is 4.90 Å². The molecule has 0 unspecified atom stereocenters. The lowest BCUT2D eigenvalue weighted by atomic mass is 10.2. The Morgan fingerprint density at radius 2 is 1.50 bits per heavy atom. The highest BCUT2D eigenvalue weighted by Crippen LogP contribution is 2.29. The van der Waals surface area contributed by atoms with Gasteiger partial charge in [-0.2, -0.15) is 0 Å². The van der Waals surface area contributed by atoms with E-state index in [0.29, 0.717) is 10.6 Å². The molecule has 3 aromatic rings. The van der Waals surface area contributed by atoms with Crippen LogP contribution < -0.4 is 14.8 Å². The van der Waals surface area contributed by atoms with E-state index in [1.54, 1.807) is 24.3 Å². The molecule has 8 nitrogen and oxygen atoms in total. The van der Waals surface area contributed by atoms with E-state index in [-0.39, 0.29) is 27.6 Å². The predicted molar refractivity (Wildman–Crippen MR) is 121 cm³/mol. The van der Waals surface area contributed by atoms with Crippen LogP contribution in [0.1, 0.15) is 20.7 Å². The molecule has 0 bridgehead atoms. The molecule has 0 atom stereocenters.